The zero-order chi connectivity index (χ0) is 14.8. The van der Waals surface area contributed by atoms with Crippen molar-refractivity contribution in [3.8, 4) is 0 Å². The molecule has 0 saturated heterocycles. The molecular formula is C18H17FN2. The number of rotatable bonds is 3. The summed E-state index contributed by atoms with van der Waals surface area (Å²) < 4.78 is 13.3. The van der Waals surface area contributed by atoms with Crippen LogP contribution >= 0.6 is 0 Å². The Labute approximate surface area is 123 Å². The van der Waals surface area contributed by atoms with Crippen LogP contribution in [0, 0.1) is 12.7 Å². The fraction of sp³-hybridized carbons (Fsp3) is 0.167. The Bertz CT molecular complexity index is 778. The highest BCUT2D eigenvalue weighted by Gasteiger charge is 2.17. The van der Waals surface area contributed by atoms with E-state index in [0.717, 1.165) is 27.6 Å². The van der Waals surface area contributed by atoms with Gasteiger partial charge in [-0.15, -0.1) is 0 Å². The van der Waals surface area contributed by atoms with Crippen LogP contribution < -0.4 is 5.32 Å². The van der Waals surface area contributed by atoms with Gasteiger partial charge in [-0.3, -0.25) is 4.98 Å². The van der Waals surface area contributed by atoms with Crippen LogP contribution in [0.3, 0.4) is 0 Å². The number of aryl methyl sites for hydroxylation is 1. The molecule has 2 aromatic carbocycles. The highest BCUT2D eigenvalue weighted by Crippen LogP contribution is 2.29. The van der Waals surface area contributed by atoms with Crippen LogP contribution in [-0.4, -0.2) is 12.0 Å². The van der Waals surface area contributed by atoms with E-state index in [1.54, 1.807) is 12.3 Å². The summed E-state index contributed by atoms with van der Waals surface area (Å²) in [7, 11) is 1.91. The summed E-state index contributed by atoms with van der Waals surface area (Å²) in [6.07, 6.45) is 1.80. The summed E-state index contributed by atoms with van der Waals surface area (Å²) in [6.45, 7) is 1.93. The number of hydrogen-bond acceptors (Lipinski definition) is 2. The minimum atomic E-state index is -0.206. The standard InChI is InChI=1S/C18H17FN2/c1-12-11-14(19)8-9-15(12)18(20-2)16-7-3-5-13-6-4-10-21-17(13)16/h3-11,18,20H,1-2H3. The van der Waals surface area contributed by atoms with E-state index in [1.165, 1.54) is 6.07 Å². The van der Waals surface area contributed by atoms with Crippen LogP contribution in [0.15, 0.2) is 54.7 Å². The summed E-state index contributed by atoms with van der Waals surface area (Å²) in [6, 6.07) is 15.0. The molecule has 2 nitrogen and oxygen atoms in total. The quantitative estimate of drug-likeness (QED) is 0.784. The van der Waals surface area contributed by atoms with Gasteiger partial charge < -0.3 is 5.32 Å². The average molecular weight is 280 g/mol. The van der Waals surface area contributed by atoms with E-state index in [2.05, 4.69) is 28.5 Å². The number of halogens is 1. The van der Waals surface area contributed by atoms with Gasteiger partial charge in [0.05, 0.1) is 11.6 Å². The van der Waals surface area contributed by atoms with Gasteiger partial charge in [0.1, 0.15) is 5.82 Å². The molecule has 1 N–H and O–H groups in total. The minimum Gasteiger partial charge on any atom is -0.309 e. The second-order valence-electron chi connectivity index (χ2n) is 5.14. The Kier molecular flexibility index (Phi) is 3.67. The molecule has 0 aliphatic heterocycles. The monoisotopic (exact) mass is 280 g/mol. The number of pyridine rings is 1. The van der Waals surface area contributed by atoms with E-state index >= 15 is 0 Å². The molecule has 0 bridgehead atoms. The SMILES string of the molecule is CNC(c1ccc(F)cc1C)c1cccc2cccnc12. The Hall–Kier alpha value is -2.26. The molecule has 0 fully saturated rings. The normalized spacial score (nSPS) is 12.5. The highest BCUT2D eigenvalue weighted by atomic mass is 19.1. The van der Waals surface area contributed by atoms with Crippen LogP contribution in [0.2, 0.25) is 0 Å². The van der Waals surface area contributed by atoms with Crippen molar-refractivity contribution in [2.24, 2.45) is 0 Å². The van der Waals surface area contributed by atoms with Gasteiger partial charge in [0.15, 0.2) is 0 Å². The third kappa shape index (κ3) is 2.52. The first-order chi connectivity index (χ1) is 10.2. The molecule has 0 spiro atoms. The lowest BCUT2D eigenvalue weighted by atomic mass is 9.93. The molecule has 1 aromatic heterocycles. The molecule has 0 radical (unpaired) electrons. The zero-order valence-corrected chi connectivity index (χ0v) is 12.1. The molecule has 0 aliphatic carbocycles. The third-order valence-corrected chi connectivity index (χ3v) is 3.81. The van der Waals surface area contributed by atoms with Gasteiger partial charge in [-0.05, 0) is 48.9 Å². The van der Waals surface area contributed by atoms with Crippen LogP contribution in [0.4, 0.5) is 4.39 Å². The third-order valence-electron chi connectivity index (χ3n) is 3.81. The summed E-state index contributed by atoms with van der Waals surface area (Å²) in [5.41, 5.74) is 4.08. The lowest BCUT2D eigenvalue weighted by Crippen LogP contribution is -2.19. The van der Waals surface area contributed by atoms with Crippen molar-refractivity contribution >= 4 is 10.9 Å². The molecule has 3 aromatic rings. The van der Waals surface area contributed by atoms with Crippen molar-refractivity contribution in [2.45, 2.75) is 13.0 Å². The van der Waals surface area contributed by atoms with E-state index in [-0.39, 0.29) is 11.9 Å². The Morgan fingerprint density at radius 1 is 1.05 bits per heavy atom. The lowest BCUT2D eigenvalue weighted by molar-refractivity contribution is 0.621. The van der Waals surface area contributed by atoms with Gasteiger partial charge >= 0.3 is 0 Å². The van der Waals surface area contributed by atoms with E-state index in [9.17, 15) is 4.39 Å². The van der Waals surface area contributed by atoms with E-state index in [0.29, 0.717) is 0 Å². The number of benzene rings is 2. The average Bonchev–Trinajstić information content (AvgIpc) is 2.50. The highest BCUT2D eigenvalue weighted by molar-refractivity contribution is 5.82. The van der Waals surface area contributed by atoms with Gasteiger partial charge in [-0.2, -0.15) is 0 Å². The number of hydrogen-bond donors (Lipinski definition) is 1. The zero-order valence-electron chi connectivity index (χ0n) is 12.1. The molecule has 3 rings (SSSR count). The van der Waals surface area contributed by atoms with Gasteiger partial charge in [-0.25, -0.2) is 4.39 Å². The molecule has 0 saturated carbocycles. The number of nitrogens with one attached hydrogen (secondary N) is 1. The molecule has 0 amide bonds. The summed E-state index contributed by atoms with van der Waals surface area (Å²) in [5.74, 6) is -0.206. The van der Waals surface area contributed by atoms with Crippen molar-refractivity contribution in [1.29, 1.82) is 0 Å². The molecule has 1 unspecified atom stereocenters. The van der Waals surface area contributed by atoms with E-state index < -0.39 is 0 Å². The van der Waals surface area contributed by atoms with Gasteiger partial charge in [0.25, 0.3) is 0 Å². The Morgan fingerprint density at radius 3 is 2.62 bits per heavy atom. The fourth-order valence-electron chi connectivity index (χ4n) is 2.80. The fourth-order valence-corrected chi connectivity index (χ4v) is 2.80. The second-order valence-corrected chi connectivity index (χ2v) is 5.14. The van der Waals surface area contributed by atoms with E-state index in [1.807, 2.05) is 32.2 Å². The largest absolute Gasteiger partial charge is 0.309 e. The molecular weight excluding hydrogens is 263 g/mol. The predicted octanol–water partition coefficient (Wildman–Crippen LogP) is 3.99. The Morgan fingerprint density at radius 2 is 1.86 bits per heavy atom. The van der Waals surface area contributed by atoms with Gasteiger partial charge in [0, 0.05) is 11.6 Å². The van der Waals surface area contributed by atoms with Crippen molar-refractivity contribution in [3.63, 3.8) is 0 Å². The first kappa shape index (κ1) is 13.7. The molecule has 1 atom stereocenters. The number of nitrogens with zero attached hydrogens (tertiary/aromatic N) is 1. The Balaban J connectivity index is 2.18. The maximum atomic E-state index is 13.3. The smallest absolute Gasteiger partial charge is 0.123 e. The van der Waals surface area contributed by atoms with Crippen LogP contribution in [-0.2, 0) is 0 Å². The van der Waals surface area contributed by atoms with Crippen LogP contribution in [0.5, 0.6) is 0 Å². The number of aromatic nitrogens is 1. The minimum absolute atomic E-state index is 0.0100. The predicted molar refractivity (Wildman–Crippen MR) is 83.8 cm³/mol. The van der Waals surface area contributed by atoms with Crippen molar-refractivity contribution in [3.05, 3.63) is 77.2 Å². The van der Waals surface area contributed by atoms with Gasteiger partial charge in [0.2, 0.25) is 0 Å². The van der Waals surface area contributed by atoms with Gasteiger partial charge in [-0.1, -0.05) is 30.3 Å². The second kappa shape index (κ2) is 5.62. The van der Waals surface area contributed by atoms with Crippen molar-refractivity contribution < 1.29 is 4.39 Å². The summed E-state index contributed by atoms with van der Waals surface area (Å²) in [5, 5.41) is 4.43. The van der Waals surface area contributed by atoms with E-state index in [4.69, 9.17) is 0 Å². The first-order valence-corrected chi connectivity index (χ1v) is 6.97. The molecule has 0 aliphatic rings. The summed E-state index contributed by atoms with van der Waals surface area (Å²) in [4.78, 5) is 4.51. The number of fused-ring (bicyclic) bond motifs is 1. The first-order valence-electron chi connectivity index (χ1n) is 6.97. The number of para-hydroxylation sites is 1. The summed E-state index contributed by atoms with van der Waals surface area (Å²) >= 11 is 0. The molecule has 21 heavy (non-hydrogen) atoms. The molecule has 1 heterocycles. The lowest BCUT2D eigenvalue weighted by Gasteiger charge is -2.20. The maximum absolute atomic E-state index is 13.3. The maximum Gasteiger partial charge on any atom is 0.123 e. The van der Waals surface area contributed by atoms with Crippen molar-refractivity contribution in [2.75, 3.05) is 7.05 Å². The molecule has 106 valence electrons. The van der Waals surface area contributed by atoms with Crippen LogP contribution in [0.1, 0.15) is 22.7 Å². The van der Waals surface area contributed by atoms with Crippen LogP contribution in [0.25, 0.3) is 10.9 Å². The topological polar surface area (TPSA) is 24.9 Å². The van der Waals surface area contributed by atoms with Crippen molar-refractivity contribution in [1.82, 2.24) is 10.3 Å². The molecule has 3 heteroatoms.